The molecule has 1 aliphatic rings. The fourth-order valence-electron chi connectivity index (χ4n) is 3.27. The normalized spacial score (nSPS) is 20.6. The third-order valence-corrected chi connectivity index (χ3v) is 8.90. The number of carbonyl (C=O) groups is 2. The molecule has 0 aromatic carbocycles. The molecule has 0 saturated carbocycles. The summed E-state index contributed by atoms with van der Waals surface area (Å²) in [7, 11) is -7.88. The molecule has 9 nitrogen and oxygen atoms in total. The first-order valence-electron chi connectivity index (χ1n) is 9.58. The van der Waals surface area contributed by atoms with Crippen molar-refractivity contribution >= 4 is 30.7 Å². The first-order chi connectivity index (χ1) is 13.6. The van der Waals surface area contributed by atoms with Gasteiger partial charge in [0.1, 0.15) is 10.7 Å². The molecule has 0 amide bonds. The summed E-state index contributed by atoms with van der Waals surface area (Å²) in [5, 5.41) is 7.73. The average Bonchev–Trinajstić information content (AvgIpc) is 2.65. The highest BCUT2D eigenvalue weighted by Gasteiger charge is 2.50. The number of ketones is 1. The van der Waals surface area contributed by atoms with Crippen molar-refractivity contribution in [3.63, 3.8) is 0 Å². The molecule has 2 unspecified atom stereocenters. The van der Waals surface area contributed by atoms with Crippen molar-refractivity contribution in [3.8, 4) is 0 Å². The molecule has 0 radical (unpaired) electrons. The Morgan fingerprint density at radius 3 is 2.03 bits per heavy atom. The van der Waals surface area contributed by atoms with Crippen LogP contribution in [0.3, 0.4) is 0 Å². The van der Waals surface area contributed by atoms with Crippen molar-refractivity contribution in [1.29, 1.82) is 0 Å². The molecule has 0 aromatic rings. The Labute approximate surface area is 172 Å². The zero-order valence-electron chi connectivity index (χ0n) is 17.0. The van der Waals surface area contributed by atoms with Crippen LogP contribution in [0, 0.1) is 5.41 Å². The van der Waals surface area contributed by atoms with Gasteiger partial charge in [0.2, 0.25) is 0 Å². The van der Waals surface area contributed by atoms with E-state index in [4.69, 9.17) is 13.3 Å². The van der Waals surface area contributed by atoms with E-state index in [1.54, 1.807) is 26.8 Å². The highest BCUT2D eigenvalue weighted by molar-refractivity contribution is 7.87. The summed E-state index contributed by atoms with van der Waals surface area (Å²) in [5.41, 5.74) is -2.02. The minimum atomic E-state index is -4.82. The molecule has 1 aliphatic carbocycles. The predicted molar refractivity (Wildman–Crippen MR) is 108 cm³/mol. The summed E-state index contributed by atoms with van der Waals surface area (Å²) in [5.74, 6) is -2.52. The smallest absolute Gasteiger partial charge is 0.480 e. The Kier molecular flexibility index (Phi) is 9.85. The molecule has 11 heteroatoms. The largest absolute Gasteiger partial charge is 0.500 e. The molecular formula is C18H30O9SSi. The van der Waals surface area contributed by atoms with E-state index in [0.717, 1.165) is 6.08 Å². The number of hydrogen-bond acceptors (Lipinski definition) is 7. The van der Waals surface area contributed by atoms with E-state index in [-0.39, 0.29) is 25.3 Å². The molecule has 2 atom stereocenters. The lowest BCUT2D eigenvalue weighted by Crippen LogP contribution is -2.48. The minimum Gasteiger partial charge on any atom is -0.480 e. The third kappa shape index (κ3) is 6.56. The van der Waals surface area contributed by atoms with E-state index in [2.05, 4.69) is 0 Å². The summed E-state index contributed by atoms with van der Waals surface area (Å²) in [6.45, 7) is 6.36. The van der Waals surface area contributed by atoms with Crippen LogP contribution in [0.25, 0.3) is 0 Å². The minimum absolute atomic E-state index is 0.137. The maximum atomic E-state index is 13.0. The van der Waals surface area contributed by atoms with Crippen molar-refractivity contribution < 1.29 is 40.9 Å². The van der Waals surface area contributed by atoms with E-state index in [9.17, 15) is 27.7 Å². The SMILES string of the molecule is CCO[Si](CCCC(C(=O)C1(C(=O)O)C=CC=CC1)S(=O)(=O)O)(OCC)OCC. The lowest BCUT2D eigenvalue weighted by atomic mass is 9.76. The standard InChI is InChI=1S/C18H30O9SSi/c1-4-25-29(26-5-2,27-6-3)14-10-11-15(28(22,23)24)16(19)18(17(20)21)12-8-7-9-13-18/h7-9,12,15H,4-6,10-11,13-14H2,1-3H3,(H,20,21)(H,22,23,24). The Hall–Kier alpha value is -1.37. The predicted octanol–water partition coefficient (Wildman–Crippen LogP) is 2.23. The van der Waals surface area contributed by atoms with Gasteiger partial charge in [0.25, 0.3) is 10.1 Å². The van der Waals surface area contributed by atoms with Gasteiger partial charge in [-0.15, -0.1) is 0 Å². The lowest BCUT2D eigenvalue weighted by Gasteiger charge is -2.30. The summed E-state index contributed by atoms with van der Waals surface area (Å²) in [6, 6.07) is 0.234. The Balaban J connectivity index is 3.06. The third-order valence-electron chi connectivity index (χ3n) is 4.58. The molecular weight excluding hydrogens is 420 g/mol. The van der Waals surface area contributed by atoms with Crippen molar-refractivity contribution in [2.24, 2.45) is 5.41 Å². The number of carbonyl (C=O) groups excluding carboxylic acids is 1. The van der Waals surface area contributed by atoms with Gasteiger partial charge >= 0.3 is 14.8 Å². The van der Waals surface area contributed by atoms with Gasteiger partial charge in [-0.05, 0) is 40.0 Å². The average molecular weight is 451 g/mol. The lowest BCUT2D eigenvalue weighted by molar-refractivity contribution is -0.151. The number of allylic oxidation sites excluding steroid dienone is 3. The second-order valence-corrected chi connectivity index (χ2v) is 10.8. The second kappa shape index (κ2) is 11.1. The fraction of sp³-hybridized carbons (Fsp3) is 0.667. The van der Waals surface area contributed by atoms with Crippen LogP contribution in [-0.2, 0) is 33.0 Å². The molecule has 166 valence electrons. The number of carboxylic acid groups (broad SMARTS) is 1. The second-order valence-electron chi connectivity index (χ2n) is 6.51. The molecule has 2 N–H and O–H groups in total. The molecule has 1 rings (SSSR count). The number of hydrogen-bond donors (Lipinski definition) is 2. The molecule has 0 heterocycles. The Morgan fingerprint density at radius 2 is 1.66 bits per heavy atom. The highest BCUT2D eigenvalue weighted by Crippen LogP contribution is 2.34. The molecule has 0 fully saturated rings. The monoisotopic (exact) mass is 450 g/mol. The molecule has 0 aliphatic heterocycles. The van der Waals surface area contributed by atoms with Gasteiger partial charge in [-0.3, -0.25) is 14.1 Å². The Morgan fingerprint density at radius 1 is 1.10 bits per heavy atom. The van der Waals surface area contributed by atoms with E-state index >= 15 is 0 Å². The van der Waals surface area contributed by atoms with Crippen LogP contribution in [0.15, 0.2) is 24.3 Å². The van der Waals surface area contributed by atoms with E-state index < -0.39 is 41.3 Å². The van der Waals surface area contributed by atoms with E-state index in [0.29, 0.717) is 19.8 Å². The van der Waals surface area contributed by atoms with Crippen LogP contribution in [0.5, 0.6) is 0 Å². The highest BCUT2D eigenvalue weighted by atomic mass is 32.2. The molecule has 0 aromatic heterocycles. The summed E-state index contributed by atoms with van der Waals surface area (Å²) >= 11 is 0. The van der Waals surface area contributed by atoms with Crippen molar-refractivity contribution in [3.05, 3.63) is 24.3 Å². The van der Waals surface area contributed by atoms with Gasteiger partial charge < -0.3 is 18.4 Å². The van der Waals surface area contributed by atoms with Crippen LogP contribution in [0.2, 0.25) is 6.04 Å². The fourth-order valence-corrected chi connectivity index (χ4v) is 6.86. The van der Waals surface area contributed by atoms with Crippen LogP contribution >= 0.6 is 0 Å². The van der Waals surface area contributed by atoms with Gasteiger partial charge in [0.05, 0.1) is 0 Å². The molecule has 0 bridgehead atoms. The van der Waals surface area contributed by atoms with Gasteiger partial charge in [-0.1, -0.05) is 24.3 Å². The Bertz CT molecular complexity index is 715. The van der Waals surface area contributed by atoms with Crippen LogP contribution in [-0.4, -0.2) is 63.7 Å². The molecule has 0 saturated heterocycles. The van der Waals surface area contributed by atoms with Gasteiger partial charge in [0, 0.05) is 25.9 Å². The maximum absolute atomic E-state index is 13.0. The first-order valence-corrected chi connectivity index (χ1v) is 13.0. The molecule has 0 spiro atoms. The summed E-state index contributed by atoms with van der Waals surface area (Å²) in [6.07, 6.45) is 5.28. The van der Waals surface area contributed by atoms with Crippen LogP contribution < -0.4 is 0 Å². The first kappa shape index (κ1) is 25.7. The number of aliphatic carboxylic acids is 1. The zero-order valence-corrected chi connectivity index (χ0v) is 18.8. The maximum Gasteiger partial charge on any atom is 0.500 e. The van der Waals surface area contributed by atoms with Crippen LogP contribution in [0.4, 0.5) is 0 Å². The van der Waals surface area contributed by atoms with Gasteiger partial charge in [0.15, 0.2) is 5.78 Å². The van der Waals surface area contributed by atoms with E-state index in [1.807, 2.05) is 0 Å². The summed E-state index contributed by atoms with van der Waals surface area (Å²) < 4.78 is 50.6. The van der Waals surface area contributed by atoms with Crippen molar-refractivity contribution in [2.75, 3.05) is 19.8 Å². The number of carboxylic acids is 1. The van der Waals surface area contributed by atoms with Gasteiger partial charge in [-0.2, -0.15) is 8.42 Å². The topological polar surface area (TPSA) is 136 Å². The van der Waals surface area contributed by atoms with Gasteiger partial charge in [-0.25, -0.2) is 0 Å². The molecule has 29 heavy (non-hydrogen) atoms. The number of rotatable bonds is 14. The van der Waals surface area contributed by atoms with Crippen molar-refractivity contribution in [1.82, 2.24) is 0 Å². The van der Waals surface area contributed by atoms with Crippen LogP contribution in [0.1, 0.15) is 40.0 Å². The summed E-state index contributed by atoms with van der Waals surface area (Å²) in [4.78, 5) is 24.8. The number of Topliss-reactive ketones (excluding diaryl/α,β-unsaturated/α-hetero) is 1. The van der Waals surface area contributed by atoms with E-state index in [1.165, 1.54) is 12.2 Å². The quantitative estimate of drug-likeness (QED) is 0.232. The zero-order chi connectivity index (χ0) is 22.1. The van der Waals surface area contributed by atoms with Crippen molar-refractivity contribution in [2.45, 2.75) is 51.3 Å².